The predicted octanol–water partition coefficient (Wildman–Crippen LogP) is 0.778. The lowest BCUT2D eigenvalue weighted by atomic mass is 10.2. The van der Waals surface area contributed by atoms with E-state index in [2.05, 4.69) is 30.1 Å². The van der Waals surface area contributed by atoms with Gasteiger partial charge in [-0.1, -0.05) is 12.1 Å². The molecule has 0 atom stereocenters. The fraction of sp³-hybridized carbons (Fsp3) is 0.389. The fourth-order valence-corrected chi connectivity index (χ4v) is 3.57. The molecule has 1 N–H and O–H groups in total. The first kappa shape index (κ1) is 19.1. The summed E-state index contributed by atoms with van der Waals surface area (Å²) in [5.74, 6) is 1.59. The van der Waals surface area contributed by atoms with Gasteiger partial charge in [-0.3, -0.25) is 4.99 Å². The van der Waals surface area contributed by atoms with Gasteiger partial charge in [0.2, 0.25) is 5.95 Å². The van der Waals surface area contributed by atoms with Crippen molar-refractivity contribution in [2.75, 3.05) is 44.4 Å². The first-order valence-corrected chi connectivity index (χ1v) is 10.6. The summed E-state index contributed by atoms with van der Waals surface area (Å²) < 4.78 is 23.1. The monoisotopic (exact) mass is 388 g/mol. The molecule has 144 valence electrons. The van der Waals surface area contributed by atoms with Crippen molar-refractivity contribution < 1.29 is 8.42 Å². The van der Waals surface area contributed by atoms with E-state index in [4.69, 9.17) is 0 Å². The molecule has 8 nitrogen and oxygen atoms in total. The van der Waals surface area contributed by atoms with E-state index in [1.807, 2.05) is 18.2 Å². The highest BCUT2D eigenvalue weighted by Crippen LogP contribution is 2.12. The first-order chi connectivity index (χ1) is 13.0. The molecule has 1 saturated heterocycles. The van der Waals surface area contributed by atoms with Gasteiger partial charge in [-0.25, -0.2) is 18.4 Å². The van der Waals surface area contributed by atoms with E-state index in [1.54, 1.807) is 31.6 Å². The van der Waals surface area contributed by atoms with Crippen LogP contribution in [0.1, 0.15) is 5.56 Å². The van der Waals surface area contributed by atoms with Gasteiger partial charge in [0.15, 0.2) is 15.8 Å². The highest BCUT2D eigenvalue weighted by atomic mass is 32.2. The van der Waals surface area contributed by atoms with Crippen molar-refractivity contribution in [2.24, 2.45) is 4.99 Å². The second kappa shape index (κ2) is 8.34. The Balaban J connectivity index is 1.54. The van der Waals surface area contributed by atoms with Crippen molar-refractivity contribution in [1.29, 1.82) is 0 Å². The third kappa shape index (κ3) is 4.94. The molecule has 0 radical (unpaired) electrons. The minimum Gasteiger partial charge on any atom is -0.352 e. The quantitative estimate of drug-likeness (QED) is 0.611. The molecule has 1 aliphatic rings. The SMILES string of the molecule is CN=C(NCc1ccc(S(C)(=O)=O)cc1)N1CCN(c2ncccn2)CC1. The standard InChI is InChI=1S/C18H24N6O2S/c1-19-17(22-14-15-4-6-16(7-5-15)27(2,25)26)23-10-12-24(13-11-23)18-20-8-3-9-21-18/h3-9H,10-14H2,1-2H3,(H,19,22). The maximum Gasteiger partial charge on any atom is 0.225 e. The average Bonchev–Trinajstić information content (AvgIpc) is 2.69. The van der Waals surface area contributed by atoms with Crippen LogP contribution in [0.2, 0.25) is 0 Å². The molecule has 0 spiro atoms. The number of aliphatic imine (C=N–C) groups is 1. The number of hydrogen-bond donors (Lipinski definition) is 1. The van der Waals surface area contributed by atoms with E-state index >= 15 is 0 Å². The molecule has 0 saturated carbocycles. The van der Waals surface area contributed by atoms with Crippen molar-refractivity contribution in [1.82, 2.24) is 20.2 Å². The van der Waals surface area contributed by atoms with E-state index in [-0.39, 0.29) is 0 Å². The number of rotatable bonds is 4. The summed E-state index contributed by atoms with van der Waals surface area (Å²) in [5.41, 5.74) is 1.000. The van der Waals surface area contributed by atoms with Crippen molar-refractivity contribution in [3.63, 3.8) is 0 Å². The van der Waals surface area contributed by atoms with E-state index in [0.29, 0.717) is 11.4 Å². The van der Waals surface area contributed by atoms with Gasteiger partial charge in [0.25, 0.3) is 0 Å². The maximum atomic E-state index is 11.5. The number of anilines is 1. The van der Waals surface area contributed by atoms with E-state index in [0.717, 1.165) is 43.7 Å². The Morgan fingerprint density at radius 2 is 1.74 bits per heavy atom. The lowest BCUT2D eigenvalue weighted by Crippen LogP contribution is -2.52. The Bertz CT molecular complexity index is 876. The molecule has 0 aliphatic carbocycles. The molecule has 27 heavy (non-hydrogen) atoms. The number of benzene rings is 1. The van der Waals surface area contributed by atoms with Crippen molar-refractivity contribution in [3.8, 4) is 0 Å². The Morgan fingerprint density at radius 3 is 2.30 bits per heavy atom. The van der Waals surface area contributed by atoms with Gasteiger partial charge in [0.1, 0.15) is 0 Å². The number of aromatic nitrogens is 2. The molecule has 3 rings (SSSR count). The van der Waals surface area contributed by atoms with Crippen LogP contribution < -0.4 is 10.2 Å². The summed E-state index contributed by atoms with van der Waals surface area (Å²) in [4.78, 5) is 17.7. The fourth-order valence-electron chi connectivity index (χ4n) is 2.94. The number of guanidine groups is 1. The molecule has 0 amide bonds. The molecule has 0 unspecified atom stereocenters. The zero-order valence-electron chi connectivity index (χ0n) is 15.5. The van der Waals surface area contributed by atoms with Crippen molar-refractivity contribution >= 4 is 21.7 Å². The summed E-state index contributed by atoms with van der Waals surface area (Å²) in [5, 5.41) is 3.34. The molecule has 1 aromatic heterocycles. The summed E-state index contributed by atoms with van der Waals surface area (Å²) in [7, 11) is -1.40. The van der Waals surface area contributed by atoms with Gasteiger partial charge >= 0.3 is 0 Å². The Morgan fingerprint density at radius 1 is 1.11 bits per heavy atom. The molecule has 2 aromatic rings. The molecule has 1 aromatic carbocycles. The largest absolute Gasteiger partial charge is 0.352 e. The number of sulfone groups is 1. The van der Waals surface area contributed by atoms with Gasteiger partial charge in [0.05, 0.1) is 4.90 Å². The smallest absolute Gasteiger partial charge is 0.225 e. The Hall–Kier alpha value is -2.68. The van der Waals surface area contributed by atoms with Crippen molar-refractivity contribution in [2.45, 2.75) is 11.4 Å². The molecule has 9 heteroatoms. The number of piperazine rings is 1. The number of nitrogens with one attached hydrogen (secondary N) is 1. The zero-order chi connectivity index (χ0) is 19.3. The van der Waals surface area contributed by atoms with Crippen molar-refractivity contribution in [3.05, 3.63) is 48.3 Å². The third-order valence-corrected chi connectivity index (χ3v) is 5.56. The van der Waals surface area contributed by atoms with Crippen LogP contribution in [-0.2, 0) is 16.4 Å². The lowest BCUT2D eigenvalue weighted by molar-refractivity contribution is 0.370. The zero-order valence-corrected chi connectivity index (χ0v) is 16.4. The Labute approximate surface area is 159 Å². The third-order valence-electron chi connectivity index (χ3n) is 4.43. The van der Waals surface area contributed by atoms with Crippen LogP contribution in [0, 0.1) is 0 Å². The van der Waals surface area contributed by atoms with Crippen LogP contribution in [0.5, 0.6) is 0 Å². The minimum atomic E-state index is -3.17. The Kier molecular flexibility index (Phi) is 5.90. The van der Waals surface area contributed by atoms with Crippen LogP contribution in [0.25, 0.3) is 0 Å². The van der Waals surface area contributed by atoms with Crippen LogP contribution in [0.4, 0.5) is 5.95 Å². The van der Waals surface area contributed by atoms with Crippen LogP contribution >= 0.6 is 0 Å². The van der Waals surface area contributed by atoms with Gasteiger partial charge in [0, 0.05) is 58.4 Å². The summed E-state index contributed by atoms with van der Waals surface area (Å²) >= 11 is 0. The van der Waals surface area contributed by atoms with Gasteiger partial charge in [-0.15, -0.1) is 0 Å². The van der Waals surface area contributed by atoms with Gasteiger partial charge in [-0.2, -0.15) is 0 Å². The predicted molar refractivity (Wildman–Crippen MR) is 106 cm³/mol. The lowest BCUT2D eigenvalue weighted by Gasteiger charge is -2.36. The molecule has 2 heterocycles. The van der Waals surface area contributed by atoms with E-state index in [9.17, 15) is 8.42 Å². The normalized spacial score (nSPS) is 15.7. The summed E-state index contributed by atoms with van der Waals surface area (Å²) in [6.07, 6.45) is 4.72. The topological polar surface area (TPSA) is 90.8 Å². The van der Waals surface area contributed by atoms with E-state index < -0.39 is 9.84 Å². The minimum absolute atomic E-state index is 0.329. The maximum absolute atomic E-state index is 11.5. The number of nitrogens with zero attached hydrogens (tertiary/aromatic N) is 5. The number of hydrogen-bond acceptors (Lipinski definition) is 6. The van der Waals surface area contributed by atoms with Gasteiger partial charge < -0.3 is 15.1 Å². The summed E-state index contributed by atoms with van der Waals surface area (Å²) in [6.45, 7) is 3.89. The highest BCUT2D eigenvalue weighted by molar-refractivity contribution is 7.90. The van der Waals surface area contributed by atoms with Crippen LogP contribution in [0.15, 0.2) is 52.6 Å². The summed E-state index contributed by atoms with van der Waals surface area (Å²) in [6, 6.07) is 8.72. The molecular weight excluding hydrogens is 364 g/mol. The average molecular weight is 388 g/mol. The second-order valence-electron chi connectivity index (χ2n) is 6.34. The van der Waals surface area contributed by atoms with Crippen LogP contribution in [-0.4, -0.2) is 68.7 Å². The molecule has 1 fully saturated rings. The van der Waals surface area contributed by atoms with Crippen LogP contribution in [0.3, 0.4) is 0 Å². The van der Waals surface area contributed by atoms with E-state index in [1.165, 1.54) is 6.26 Å². The van der Waals surface area contributed by atoms with Gasteiger partial charge in [-0.05, 0) is 23.8 Å². The first-order valence-electron chi connectivity index (χ1n) is 8.74. The molecule has 0 bridgehead atoms. The molecule has 1 aliphatic heterocycles. The second-order valence-corrected chi connectivity index (χ2v) is 8.36. The highest BCUT2D eigenvalue weighted by Gasteiger charge is 2.21. The molecular formula is C18H24N6O2S.